The number of carbonyl (C=O) groups is 1. The number of aromatic nitrogens is 2. The molecule has 1 aromatic heterocycles. The van der Waals surface area contributed by atoms with Crippen LogP contribution < -0.4 is 15.5 Å². The van der Waals surface area contributed by atoms with Gasteiger partial charge in [0, 0.05) is 25.3 Å². The molecule has 1 aliphatic carbocycles. The van der Waals surface area contributed by atoms with Crippen LogP contribution in [0.3, 0.4) is 0 Å². The molecule has 1 saturated heterocycles. The van der Waals surface area contributed by atoms with Gasteiger partial charge in [0.1, 0.15) is 5.54 Å². The quantitative estimate of drug-likeness (QED) is 0.811. The van der Waals surface area contributed by atoms with Crippen LogP contribution in [0, 0.1) is 11.3 Å². The lowest BCUT2D eigenvalue weighted by Crippen LogP contribution is -2.52. The van der Waals surface area contributed by atoms with Gasteiger partial charge in [0.05, 0.1) is 12.6 Å². The van der Waals surface area contributed by atoms with E-state index in [0.29, 0.717) is 6.04 Å². The number of nitrogens with one attached hydrogen (secondary N) is 2. The van der Waals surface area contributed by atoms with E-state index in [0.717, 1.165) is 63.9 Å². The normalized spacial score (nSPS) is 22.4. The fourth-order valence-electron chi connectivity index (χ4n) is 3.88. The van der Waals surface area contributed by atoms with Gasteiger partial charge in [-0.1, -0.05) is 19.3 Å². The van der Waals surface area contributed by atoms with Crippen molar-refractivity contribution in [3.8, 4) is 6.07 Å². The second-order valence-corrected chi connectivity index (χ2v) is 7.00. The van der Waals surface area contributed by atoms with E-state index in [1.807, 2.05) is 12.1 Å². The van der Waals surface area contributed by atoms with Gasteiger partial charge in [0.25, 0.3) is 0 Å². The third-order valence-electron chi connectivity index (χ3n) is 5.19. The second-order valence-electron chi connectivity index (χ2n) is 7.00. The molecule has 7 nitrogen and oxygen atoms in total. The number of anilines is 1. The number of nitriles is 1. The van der Waals surface area contributed by atoms with Crippen LogP contribution in [0.4, 0.5) is 5.82 Å². The average molecular weight is 342 g/mol. The van der Waals surface area contributed by atoms with Crippen LogP contribution in [0.15, 0.2) is 18.3 Å². The first kappa shape index (κ1) is 17.6. The monoisotopic (exact) mass is 342 g/mol. The predicted molar refractivity (Wildman–Crippen MR) is 94.8 cm³/mol. The Bertz CT molecular complexity index is 608. The van der Waals surface area contributed by atoms with Crippen molar-refractivity contribution in [3.63, 3.8) is 0 Å². The van der Waals surface area contributed by atoms with Gasteiger partial charge in [-0.3, -0.25) is 4.79 Å². The van der Waals surface area contributed by atoms with Gasteiger partial charge >= 0.3 is 0 Å². The molecule has 2 N–H and O–H groups in total. The average Bonchev–Trinajstić information content (AvgIpc) is 3.12. The van der Waals surface area contributed by atoms with E-state index in [2.05, 4.69) is 31.8 Å². The highest BCUT2D eigenvalue weighted by Gasteiger charge is 2.33. The van der Waals surface area contributed by atoms with Crippen LogP contribution in [0.2, 0.25) is 0 Å². The molecule has 0 spiro atoms. The highest BCUT2D eigenvalue weighted by molar-refractivity contribution is 5.79. The van der Waals surface area contributed by atoms with Gasteiger partial charge < -0.3 is 15.5 Å². The third kappa shape index (κ3) is 4.45. The van der Waals surface area contributed by atoms with Crippen LogP contribution >= 0.6 is 0 Å². The fourth-order valence-corrected chi connectivity index (χ4v) is 3.88. The summed E-state index contributed by atoms with van der Waals surface area (Å²) in [6.45, 7) is 1.94. The Balaban J connectivity index is 1.46. The van der Waals surface area contributed by atoms with Gasteiger partial charge in [-0.25, -0.2) is 0 Å². The number of hydrogen-bond donors (Lipinski definition) is 2. The van der Waals surface area contributed by atoms with Crippen LogP contribution in [0.25, 0.3) is 0 Å². The van der Waals surface area contributed by atoms with Gasteiger partial charge in [-0.2, -0.15) is 10.4 Å². The maximum absolute atomic E-state index is 12.2. The molecule has 0 unspecified atom stereocenters. The molecule has 0 radical (unpaired) electrons. The zero-order chi connectivity index (χ0) is 17.5. The summed E-state index contributed by atoms with van der Waals surface area (Å²) in [6.07, 6.45) is 8.56. The molecule has 1 amide bonds. The second kappa shape index (κ2) is 8.26. The molecule has 134 valence electrons. The maximum Gasteiger partial charge on any atom is 0.235 e. The minimum atomic E-state index is -0.657. The largest absolute Gasteiger partial charge is 0.351 e. The Morgan fingerprint density at radius 2 is 2.20 bits per heavy atom. The van der Waals surface area contributed by atoms with Crippen molar-refractivity contribution < 1.29 is 4.79 Å². The van der Waals surface area contributed by atoms with Gasteiger partial charge in [-0.05, 0) is 37.8 Å². The molecule has 2 heterocycles. The summed E-state index contributed by atoms with van der Waals surface area (Å²) in [5.41, 5.74) is -0.657. The summed E-state index contributed by atoms with van der Waals surface area (Å²) in [5, 5.41) is 23.8. The number of carbonyl (C=O) groups excluding carboxylic acids is 1. The van der Waals surface area contributed by atoms with Crippen molar-refractivity contribution in [1.29, 1.82) is 5.26 Å². The minimum absolute atomic E-state index is 0.0903. The third-order valence-corrected chi connectivity index (χ3v) is 5.19. The van der Waals surface area contributed by atoms with Crippen LogP contribution in [0.1, 0.15) is 44.9 Å². The zero-order valence-electron chi connectivity index (χ0n) is 14.6. The first-order valence-electron chi connectivity index (χ1n) is 9.20. The summed E-state index contributed by atoms with van der Waals surface area (Å²) in [4.78, 5) is 14.5. The van der Waals surface area contributed by atoms with Crippen molar-refractivity contribution >= 4 is 11.7 Å². The molecule has 3 rings (SSSR count). The minimum Gasteiger partial charge on any atom is -0.351 e. The van der Waals surface area contributed by atoms with Crippen LogP contribution in [-0.4, -0.2) is 47.3 Å². The van der Waals surface area contributed by atoms with Gasteiger partial charge in [-0.15, -0.1) is 5.10 Å². The molecular formula is C18H26N6O. The Kier molecular flexibility index (Phi) is 5.82. The van der Waals surface area contributed by atoms with E-state index >= 15 is 0 Å². The molecule has 0 bridgehead atoms. The molecule has 1 saturated carbocycles. The molecule has 2 aliphatic rings. The summed E-state index contributed by atoms with van der Waals surface area (Å²) in [7, 11) is 0. The first-order chi connectivity index (χ1) is 12.2. The number of nitrogens with zero attached hydrogens (tertiary/aromatic N) is 4. The zero-order valence-corrected chi connectivity index (χ0v) is 14.6. The molecule has 7 heteroatoms. The Labute approximate surface area is 148 Å². The van der Waals surface area contributed by atoms with Crippen LogP contribution in [0.5, 0.6) is 0 Å². The predicted octanol–water partition coefficient (Wildman–Crippen LogP) is 1.38. The van der Waals surface area contributed by atoms with Gasteiger partial charge in [0.2, 0.25) is 5.91 Å². The fraction of sp³-hybridized carbons (Fsp3) is 0.667. The molecule has 1 atom stereocenters. The first-order valence-corrected chi connectivity index (χ1v) is 9.20. The summed E-state index contributed by atoms with van der Waals surface area (Å²) >= 11 is 0. The van der Waals surface area contributed by atoms with Gasteiger partial charge in [0.15, 0.2) is 5.82 Å². The Morgan fingerprint density at radius 1 is 1.36 bits per heavy atom. The lowest BCUT2D eigenvalue weighted by Gasteiger charge is -2.31. The Hall–Kier alpha value is -2.20. The molecule has 1 aromatic rings. The van der Waals surface area contributed by atoms with Crippen molar-refractivity contribution in [3.05, 3.63) is 18.3 Å². The van der Waals surface area contributed by atoms with Crippen molar-refractivity contribution in [1.82, 2.24) is 20.8 Å². The molecule has 2 fully saturated rings. The van der Waals surface area contributed by atoms with Crippen molar-refractivity contribution in [2.24, 2.45) is 0 Å². The number of rotatable bonds is 6. The SMILES string of the molecule is N#CC1(NC(=O)CNC[C@@H]2CCCN2c2cccnn2)CCCCC1. The van der Waals surface area contributed by atoms with Crippen molar-refractivity contribution in [2.45, 2.75) is 56.5 Å². The van der Waals surface area contributed by atoms with E-state index in [1.165, 1.54) is 0 Å². The molecule has 1 aliphatic heterocycles. The highest BCUT2D eigenvalue weighted by Crippen LogP contribution is 2.27. The number of hydrogen-bond acceptors (Lipinski definition) is 6. The maximum atomic E-state index is 12.2. The molecular weight excluding hydrogens is 316 g/mol. The van der Waals surface area contributed by atoms with Crippen LogP contribution in [-0.2, 0) is 4.79 Å². The lowest BCUT2D eigenvalue weighted by molar-refractivity contribution is -0.121. The summed E-state index contributed by atoms with van der Waals surface area (Å²) < 4.78 is 0. The van der Waals surface area contributed by atoms with E-state index in [-0.39, 0.29) is 12.5 Å². The van der Waals surface area contributed by atoms with E-state index < -0.39 is 5.54 Å². The molecule has 25 heavy (non-hydrogen) atoms. The smallest absolute Gasteiger partial charge is 0.235 e. The topological polar surface area (TPSA) is 93.9 Å². The standard InChI is InChI=1S/C18H26N6O/c19-14-18(8-2-1-3-9-18)22-17(25)13-20-12-15-6-5-11-24(15)16-7-4-10-21-23-16/h4,7,10,15,20H,1-3,5-6,8-9,11-13H2,(H,22,25)/t15-/m0/s1. The van der Waals surface area contributed by atoms with E-state index in [4.69, 9.17) is 0 Å². The van der Waals surface area contributed by atoms with E-state index in [1.54, 1.807) is 6.20 Å². The molecule has 0 aromatic carbocycles. The number of amides is 1. The summed E-state index contributed by atoms with van der Waals surface area (Å²) in [5.74, 6) is 0.800. The Morgan fingerprint density at radius 3 is 2.92 bits per heavy atom. The highest BCUT2D eigenvalue weighted by atomic mass is 16.2. The summed E-state index contributed by atoms with van der Waals surface area (Å²) in [6, 6.07) is 6.51. The lowest BCUT2D eigenvalue weighted by atomic mass is 9.83. The van der Waals surface area contributed by atoms with E-state index in [9.17, 15) is 10.1 Å². The van der Waals surface area contributed by atoms with Crippen molar-refractivity contribution in [2.75, 3.05) is 24.5 Å².